The Hall–Kier alpha value is -1.69. The van der Waals surface area contributed by atoms with E-state index in [1.165, 1.54) is 19.1 Å². The first-order chi connectivity index (χ1) is 7.99. The monoisotopic (exact) mass is 299 g/mol. The van der Waals surface area contributed by atoms with Crippen LogP contribution in [0.1, 0.15) is 16.2 Å². The Morgan fingerprint density at radius 3 is 2.76 bits per heavy atom. The third kappa shape index (κ3) is 2.21. The second-order valence-corrected chi connectivity index (χ2v) is 4.21. The second-order valence-electron chi connectivity index (χ2n) is 3.36. The first kappa shape index (κ1) is 11.8. The molecule has 88 valence electrons. The molecule has 0 amide bonds. The predicted octanol–water partition coefficient (Wildman–Crippen LogP) is 3.25. The maximum atomic E-state index is 13.3. The lowest BCUT2D eigenvalue weighted by molar-refractivity contribution is 0.0689. The molecule has 0 atom stereocenters. The number of aromatic nitrogens is 1. The maximum absolute atomic E-state index is 13.3. The molecule has 1 aromatic carbocycles. The number of hydrogen-bond acceptors (Lipinski definition) is 3. The molecular weight excluding hydrogens is 293 g/mol. The minimum Gasteiger partial charge on any atom is -0.476 e. The zero-order valence-electron chi connectivity index (χ0n) is 8.70. The van der Waals surface area contributed by atoms with E-state index < -0.39 is 11.8 Å². The highest BCUT2D eigenvalue weighted by molar-refractivity contribution is 9.10. The van der Waals surface area contributed by atoms with E-state index in [4.69, 9.17) is 9.52 Å². The number of hydrogen-bond donors (Lipinski definition) is 1. The number of carboxylic acids is 1. The van der Waals surface area contributed by atoms with Crippen molar-refractivity contribution in [2.24, 2.45) is 0 Å². The number of rotatable bonds is 2. The van der Waals surface area contributed by atoms with Crippen LogP contribution in [0.25, 0.3) is 11.5 Å². The van der Waals surface area contributed by atoms with Crippen molar-refractivity contribution < 1.29 is 18.7 Å². The van der Waals surface area contributed by atoms with Gasteiger partial charge in [-0.05, 0) is 41.1 Å². The third-order valence-corrected chi connectivity index (χ3v) is 2.81. The Morgan fingerprint density at radius 2 is 2.24 bits per heavy atom. The van der Waals surface area contributed by atoms with Crippen LogP contribution in [-0.4, -0.2) is 16.1 Å². The number of carbonyl (C=O) groups is 1. The van der Waals surface area contributed by atoms with Crippen molar-refractivity contribution in [3.05, 3.63) is 39.9 Å². The smallest absolute Gasteiger partial charge is 0.358 e. The molecule has 6 heteroatoms. The van der Waals surface area contributed by atoms with Gasteiger partial charge in [0.25, 0.3) is 0 Å². The summed E-state index contributed by atoms with van der Waals surface area (Å²) in [6.45, 7) is 1.50. The van der Waals surface area contributed by atoms with E-state index in [-0.39, 0.29) is 17.3 Å². The summed E-state index contributed by atoms with van der Waals surface area (Å²) >= 11 is 3.02. The number of benzene rings is 1. The van der Waals surface area contributed by atoms with Crippen LogP contribution in [-0.2, 0) is 0 Å². The van der Waals surface area contributed by atoms with Gasteiger partial charge >= 0.3 is 5.97 Å². The zero-order valence-corrected chi connectivity index (χ0v) is 10.3. The molecule has 0 aliphatic rings. The molecule has 2 rings (SSSR count). The molecule has 1 N–H and O–H groups in total. The standard InChI is InChI=1S/C11H7BrFNO3/c1-5-9(11(15)16)14-10(17-5)6-2-3-7(12)8(13)4-6/h2-4H,1H3,(H,15,16). The number of oxazole rings is 1. The van der Waals surface area contributed by atoms with Crippen molar-refractivity contribution in [2.75, 3.05) is 0 Å². The topological polar surface area (TPSA) is 63.3 Å². The molecule has 0 radical (unpaired) electrons. The number of halogens is 2. The van der Waals surface area contributed by atoms with Crippen LogP contribution in [0.3, 0.4) is 0 Å². The number of aryl methyl sites for hydroxylation is 1. The second kappa shape index (κ2) is 4.29. The Labute approximate surface area is 104 Å². The summed E-state index contributed by atoms with van der Waals surface area (Å²) < 4.78 is 18.8. The molecule has 1 heterocycles. The molecule has 0 saturated heterocycles. The van der Waals surface area contributed by atoms with E-state index in [2.05, 4.69) is 20.9 Å². The Balaban J connectivity index is 2.50. The van der Waals surface area contributed by atoms with E-state index in [1.807, 2.05) is 0 Å². The number of nitrogens with zero attached hydrogens (tertiary/aromatic N) is 1. The van der Waals surface area contributed by atoms with Crippen LogP contribution < -0.4 is 0 Å². The van der Waals surface area contributed by atoms with Gasteiger partial charge in [-0.25, -0.2) is 14.2 Å². The van der Waals surface area contributed by atoms with E-state index in [1.54, 1.807) is 6.07 Å². The van der Waals surface area contributed by atoms with Gasteiger partial charge in [-0.1, -0.05) is 0 Å². The van der Waals surface area contributed by atoms with Gasteiger partial charge < -0.3 is 9.52 Å². The predicted molar refractivity (Wildman–Crippen MR) is 61.3 cm³/mol. The molecule has 0 unspecified atom stereocenters. The average Bonchev–Trinajstić information content (AvgIpc) is 2.64. The molecule has 0 aliphatic carbocycles. The lowest BCUT2D eigenvalue weighted by atomic mass is 10.2. The van der Waals surface area contributed by atoms with Crippen molar-refractivity contribution in [1.82, 2.24) is 4.98 Å². The van der Waals surface area contributed by atoms with Crippen molar-refractivity contribution >= 4 is 21.9 Å². The van der Waals surface area contributed by atoms with E-state index in [9.17, 15) is 9.18 Å². The highest BCUT2D eigenvalue weighted by Crippen LogP contribution is 2.25. The molecule has 1 aromatic heterocycles. The minimum atomic E-state index is -1.17. The van der Waals surface area contributed by atoms with Gasteiger partial charge in [-0.3, -0.25) is 0 Å². The summed E-state index contributed by atoms with van der Waals surface area (Å²) in [5.41, 5.74) is 0.227. The van der Waals surface area contributed by atoms with Crippen LogP contribution in [0.2, 0.25) is 0 Å². The summed E-state index contributed by atoms with van der Waals surface area (Å²) in [6.07, 6.45) is 0. The van der Waals surface area contributed by atoms with E-state index >= 15 is 0 Å². The zero-order chi connectivity index (χ0) is 12.6. The molecule has 0 spiro atoms. The lowest BCUT2D eigenvalue weighted by Crippen LogP contribution is -1.98. The molecular formula is C11H7BrFNO3. The summed E-state index contributed by atoms with van der Waals surface area (Å²) in [5, 5.41) is 8.82. The van der Waals surface area contributed by atoms with E-state index in [0.717, 1.165) is 0 Å². The third-order valence-electron chi connectivity index (χ3n) is 2.17. The van der Waals surface area contributed by atoms with Gasteiger partial charge in [0.1, 0.15) is 11.6 Å². The summed E-state index contributed by atoms with van der Waals surface area (Å²) in [6, 6.07) is 4.32. The van der Waals surface area contributed by atoms with Crippen LogP contribution in [0, 0.1) is 12.7 Å². The van der Waals surface area contributed by atoms with E-state index in [0.29, 0.717) is 10.0 Å². The number of aromatic carboxylic acids is 1. The quantitative estimate of drug-likeness (QED) is 0.924. The Morgan fingerprint density at radius 1 is 1.53 bits per heavy atom. The van der Waals surface area contributed by atoms with Gasteiger partial charge in [-0.2, -0.15) is 0 Å². The number of carboxylic acid groups (broad SMARTS) is 1. The van der Waals surface area contributed by atoms with Crippen LogP contribution in [0.15, 0.2) is 27.1 Å². The molecule has 0 saturated carbocycles. The summed E-state index contributed by atoms with van der Waals surface area (Å²) in [4.78, 5) is 14.6. The highest BCUT2D eigenvalue weighted by Gasteiger charge is 2.17. The largest absolute Gasteiger partial charge is 0.476 e. The highest BCUT2D eigenvalue weighted by atomic mass is 79.9. The lowest BCUT2D eigenvalue weighted by Gasteiger charge is -1.97. The van der Waals surface area contributed by atoms with Crippen molar-refractivity contribution in [2.45, 2.75) is 6.92 Å². The Kier molecular flexibility index (Phi) is 2.97. The van der Waals surface area contributed by atoms with Crippen LogP contribution in [0.4, 0.5) is 4.39 Å². The fraction of sp³-hybridized carbons (Fsp3) is 0.0909. The first-order valence-corrected chi connectivity index (χ1v) is 5.44. The summed E-state index contributed by atoms with van der Waals surface area (Å²) in [5.74, 6) is -1.35. The van der Waals surface area contributed by atoms with Gasteiger partial charge in [0, 0.05) is 5.56 Å². The van der Waals surface area contributed by atoms with Crippen molar-refractivity contribution in [3.63, 3.8) is 0 Å². The van der Waals surface area contributed by atoms with Crippen LogP contribution in [0.5, 0.6) is 0 Å². The fourth-order valence-corrected chi connectivity index (χ4v) is 1.59. The van der Waals surface area contributed by atoms with Gasteiger partial charge in [0.2, 0.25) is 5.89 Å². The normalized spacial score (nSPS) is 10.5. The van der Waals surface area contributed by atoms with Gasteiger partial charge in [-0.15, -0.1) is 0 Å². The molecule has 0 bridgehead atoms. The molecule has 0 aliphatic heterocycles. The molecule has 2 aromatic rings. The fourth-order valence-electron chi connectivity index (χ4n) is 1.35. The van der Waals surface area contributed by atoms with Crippen molar-refractivity contribution in [1.29, 1.82) is 0 Å². The maximum Gasteiger partial charge on any atom is 0.358 e. The molecule has 17 heavy (non-hydrogen) atoms. The minimum absolute atomic E-state index is 0.0892. The van der Waals surface area contributed by atoms with Gasteiger partial charge in [0.15, 0.2) is 5.69 Å². The molecule has 4 nitrogen and oxygen atoms in total. The Bertz CT molecular complexity index is 594. The van der Waals surface area contributed by atoms with Gasteiger partial charge in [0.05, 0.1) is 4.47 Å². The molecule has 0 fully saturated rings. The van der Waals surface area contributed by atoms with Crippen LogP contribution >= 0.6 is 15.9 Å². The van der Waals surface area contributed by atoms with Crippen molar-refractivity contribution in [3.8, 4) is 11.5 Å². The first-order valence-electron chi connectivity index (χ1n) is 4.65. The average molecular weight is 300 g/mol. The summed E-state index contributed by atoms with van der Waals surface area (Å²) in [7, 11) is 0. The SMILES string of the molecule is Cc1oc(-c2ccc(Br)c(F)c2)nc1C(=O)O.